The van der Waals surface area contributed by atoms with Crippen LogP contribution >= 0.6 is 24.8 Å². The van der Waals surface area contributed by atoms with Gasteiger partial charge in [-0.05, 0) is 25.5 Å². The van der Waals surface area contributed by atoms with Gasteiger partial charge < -0.3 is 11.1 Å². The third-order valence-corrected chi connectivity index (χ3v) is 3.93. The molecule has 0 saturated heterocycles. The number of nitrogens with two attached hydrogens (primary N) is 1. The zero-order valence-corrected chi connectivity index (χ0v) is 16.3. The first-order chi connectivity index (χ1) is 11.2. The number of amides is 1. The van der Waals surface area contributed by atoms with Crippen LogP contribution in [0.15, 0.2) is 42.5 Å². The minimum absolute atomic E-state index is 0. The Kier molecular flexibility index (Phi) is 11.1. The molecular weight excluding hydrogens is 357 g/mol. The summed E-state index contributed by atoms with van der Waals surface area (Å²) < 4.78 is 0. The van der Waals surface area contributed by atoms with Gasteiger partial charge in [-0.2, -0.15) is 0 Å². The summed E-state index contributed by atoms with van der Waals surface area (Å²) in [4.78, 5) is 17.0. The van der Waals surface area contributed by atoms with Crippen LogP contribution in [0, 0.1) is 6.92 Å². The fourth-order valence-electron chi connectivity index (χ4n) is 2.53. The second kappa shape index (κ2) is 11.9. The van der Waals surface area contributed by atoms with Gasteiger partial charge in [-0.1, -0.05) is 50.1 Å². The molecule has 2 rings (SSSR count). The molecule has 0 aliphatic heterocycles. The largest absolute Gasteiger partial charge is 0.348 e. The van der Waals surface area contributed by atoms with Crippen molar-refractivity contribution in [3.8, 4) is 11.3 Å². The molecule has 6 heteroatoms. The van der Waals surface area contributed by atoms with Crippen LogP contribution in [-0.4, -0.2) is 23.5 Å². The average Bonchev–Trinajstić information content (AvgIpc) is 2.59. The van der Waals surface area contributed by atoms with Gasteiger partial charge in [0.15, 0.2) is 0 Å². The predicted molar refractivity (Wildman–Crippen MR) is 109 cm³/mol. The van der Waals surface area contributed by atoms with Gasteiger partial charge >= 0.3 is 0 Å². The Morgan fingerprint density at radius 1 is 1.16 bits per heavy atom. The van der Waals surface area contributed by atoms with Crippen LogP contribution in [0.4, 0.5) is 0 Å². The average molecular weight is 384 g/mol. The number of pyridine rings is 1. The summed E-state index contributed by atoms with van der Waals surface area (Å²) in [5, 5.41) is 3.01. The summed E-state index contributed by atoms with van der Waals surface area (Å²) in [6.45, 7) is 4.46. The number of benzene rings is 1. The van der Waals surface area contributed by atoms with E-state index in [-0.39, 0.29) is 36.8 Å². The van der Waals surface area contributed by atoms with Gasteiger partial charge in [-0.25, -0.2) is 0 Å². The lowest BCUT2D eigenvalue weighted by Crippen LogP contribution is -2.40. The van der Waals surface area contributed by atoms with Gasteiger partial charge in [0, 0.05) is 18.2 Å². The lowest BCUT2D eigenvalue weighted by molar-refractivity contribution is 0.0934. The molecule has 1 atom stereocenters. The zero-order chi connectivity index (χ0) is 16.7. The second-order valence-electron chi connectivity index (χ2n) is 5.74. The number of aryl methyl sites for hydroxylation is 1. The van der Waals surface area contributed by atoms with Crippen LogP contribution in [0.5, 0.6) is 0 Å². The van der Waals surface area contributed by atoms with E-state index in [0.717, 1.165) is 36.2 Å². The normalized spacial score (nSPS) is 11.0. The van der Waals surface area contributed by atoms with Crippen molar-refractivity contribution in [3.05, 3.63) is 53.7 Å². The lowest BCUT2D eigenvalue weighted by Gasteiger charge is -2.17. The van der Waals surface area contributed by atoms with Crippen LogP contribution in [0.3, 0.4) is 0 Å². The van der Waals surface area contributed by atoms with Gasteiger partial charge in [-0.15, -0.1) is 24.8 Å². The number of hydrogen-bond acceptors (Lipinski definition) is 3. The smallest absolute Gasteiger partial charge is 0.253 e. The van der Waals surface area contributed by atoms with E-state index in [1.165, 1.54) is 0 Å². The van der Waals surface area contributed by atoms with Crippen molar-refractivity contribution in [2.24, 2.45) is 5.73 Å². The summed E-state index contributed by atoms with van der Waals surface area (Å²) >= 11 is 0. The summed E-state index contributed by atoms with van der Waals surface area (Å²) in [6, 6.07) is 13.7. The third-order valence-electron chi connectivity index (χ3n) is 3.93. The molecule has 1 aromatic carbocycles. The Morgan fingerprint density at radius 2 is 1.84 bits per heavy atom. The molecule has 1 heterocycles. The highest BCUT2D eigenvalue weighted by Gasteiger charge is 2.15. The molecule has 0 spiro atoms. The summed E-state index contributed by atoms with van der Waals surface area (Å²) in [6.07, 6.45) is 3.07. The molecule has 0 aliphatic carbocycles. The second-order valence-corrected chi connectivity index (χ2v) is 5.74. The van der Waals surface area contributed by atoms with Gasteiger partial charge in [0.25, 0.3) is 5.91 Å². The summed E-state index contributed by atoms with van der Waals surface area (Å²) in [7, 11) is 0. The van der Waals surface area contributed by atoms with E-state index in [9.17, 15) is 4.79 Å². The molecule has 0 radical (unpaired) electrons. The topological polar surface area (TPSA) is 68.0 Å². The Hall–Kier alpha value is -1.62. The molecule has 1 aromatic heterocycles. The number of carbonyl (C=O) groups excluding carboxylic acids is 1. The number of aromatic nitrogens is 1. The van der Waals surface area contributed by atoms with Crippen LogP contribution in [0.2, 0.25) is 0 Å². The number of halogens is 2. The van der Waals surface area contributed by atoms with Gasteiger partial charge in [0.1, 0.15) is 0 Å². The predicted octanol–water partition coefficient (Wildman–Crippen LogP) is 4.15. The quantitative estimate of drug-likeness (QED) is 0.754. The molecule has 0 aliphatic rings. The highest BCUT2D eigenvalue weighted by molar-refractivity contribution is 5.95. The number of carbonyl (C=O) groups is 1. The van der Waals surface area contributed by atoms with E-state index in [2.05, 4.69) is 17.2 Å². The molecule has 0 bridgehead atoms. The Bertz CT molecular complexity index is 650. The van der Waals surface area contributed by atoms with Crippen LogP contribution in [0.1, 0.15) is 42.2 Å². The van der Waals surface area contributed by atoms with Crippen molar-refractivity contribution in [3.63, 3.8) is 0 Å². The van der Waals surface area contributed by atoms with Crippen molar-refractivity contribution < 1.29 is 4.79 Å². The Morgan fingerprint density at radius 3 is 2.40 bits per heavy atom. The van der Waals surface area contributed by atoms with E-state index in [1.807, 2.05) is 49.4 Å². The minimum Gasteiger partial charge on any atom is -0.348 e. The Balaban J connectivity index is 0.00000288. The first kappa shape index (κ1) is 23.4. The molecule has 4 nitrogen and oxygen atoms in total. The fourth-order valence-corrected chi connectivity index (χ4v) is 2.53. The fraction of sp³-hybridized carbons (Fsp3) is 0.368. The highest BCUT2D eigenvalue weighted by Crippen LogP contribution is 2.18. The van der Waals surface area contributed by atoms with E-state index in [4.69, 9.17) is 5.73 Å². The summed E-state index contributed by atoms with van der Waals surface area (Å²) in [5.41, 5.74) is 9.01. The summed E-state index contributed by atoms with van der Waals surface area (Å²) in [5.74, 6) is -0.0961. The van der Waals surface area contributed by atoms with Gasteiger partial charge in [0.05, 0.1) is 17.0 Å². The molecule has 0 fully saturated rings. The molecule has 1 amide bonds. The van der Waals surface area contributed by atoms with Gasteiger partial charge in [-0.3, -0.25) is 9.78 Å². The van der Waals surface area contributed by atoms with Crippen molar-refractivity contribution in [1.29, 1.82) is 0 Å². The Labute approximate surface area is 162 Å². The van der Waals surface area contributed by atoms with Crippen LogP contribution in [0.25, 0.3) is 11.3 Å². The molecule has 0 saturated carbocycles. The molecule has 25 heavy (non-hydrogen) atoms. The molecule has 2 aromatic rings. The van der Waals surface area contributed by atoms with Crippen LogP contribution < -0.4 is 11.1 Å². The zero-order valence-electron chi connectivity index (χ0n) is 14.7. The molecule has 138 valence electrons. The lowest BCUT2D eigenvalue weighted by atomic mass is 10.1. The molecule has 1 unspecified atom stereocenters. The highest BCUT2D eigenvalue weighted by atomic mass is 35.5. The SMILES string of the molecule is CCCCC(CN)NC(=O)c1ccc(-c2ccccc2)nc1C.Cl.Cl. The number of unbranched alkanes of at least 4 members (excludes halogenated alkanes) is 1. The maximum absolute atomic E-state index is 12.4. The monoisotopic (exact) mass is 383 g/mol. The van der Waals surface area contributed by atoms with E-state index >= 15 is 0 Å². The number of nitrogens with one attached hydrogen (secondary N) is 1. The maximum Gasteiger partial charge on any atom is 0.253 e. The standard InChI is InChI=1S/C19H25N3O.2ClH/c1-3-4-10-16(13-20)22-19(23)17-11-12-18(21-14(17)2)15-8-6-5-7-9-15;;/h5-9,11-12,16H,3-4,10,13,20H2,1-2H3,(H,22,23);2*1H. The van der Waals surface area contributed by atoms with Crippen molar-refractivity contribution in [2.75, 3.05) is 6.54 Å². The molecular formula is C19H27Cl2N3O. The van der Waals surface area contributed by atoms with Crippen molar-refractivity contribution >= 4 is 30.7 Å². The third kappa shape index (κ3) is 6.65. The van der Waals surface area contributed by atoms with E-state index < -0.39 is 0 Å². The van der Waals surface area contributed by atoms with Crippen molar-refractivity contribution in [1.82, 2.24) is 10.3 Å². The van der Waals surface area contributed by atoms with E-state index in [1.54, 1.807) is 0 Å². The first-order valence-corrected chi connectivity index (χ1v) is 8.19. The van der Waals surface area contributed by atoms with Crippen molar-refractivity contribution in [2.45, 2.75) is 39.2 Å². The minimum atomic E-state index is -0.0961. The molecule has 3 N–H and O–H groups in total. The number of nitrogens with zero attached hydrogens (tertiary/aromatic N) is 1. The van der Waals surface area contributed by atoms with Gasteiger partial charge in [0.2, 0.25) is 0 Å². The maximum atomic E-state index is 12.4. The number of rotatable bonds is 7. The van der Waals surface area contributed by atoms with Crippen LogP contribution in [-0.2, 0) is 0 Å². The van der Waals surface area contributed by atoms with E-state index in [0.29, 0.717) is 12.1 Å². The first-order valence-electron chi connectivity index (χ1n) is 8.19. The number of hydrogen-bond donors (Lipinski definition) is 2.